The molecular weight excluding hydrogens is 164 g/mol. The van der Waals surface area contributed by atoms with Crippen molar-refractivity contribution in [1.82, 2.24) is 0 Å². The zero-order valence-electron chi connectivity index (χ0n) is 5.61. The first-order valence-corrected chi connectivity index (χ1v) is 3.48. The van der Waals surface area contributed by atoms with Gasteiger partial charge >= 0.3 is 0 Å². The summed E-state index contributed by atoms with van der Waals surface area (Å²) in [6, 6.07) is 5.28. The van der Waals surface area contributed by atoms with Crippen molar-refractivity contribution in [3.8, 4) is 17.2 Å². The Kier molecular flexibility index (Phi) is 1.54. The summed E-state index contributed by atoms with van der Waals surface area (Å²) in [6.07, 6.45) is 0. The number of fused-ring (bicyclic) bond motifs is 1. The summed E-state index contributed by atoms with van der Waals surface area (Å²) in [6.45, 7) is 0.283. The van der Waals surface area contributed by atoms with Gasteiger partial charge in [0.2, 0.25) is 6.79 Å². The molecule has 1 aliphatic heterocycles. The van der Waals surface area contributed by atoms with Crippen LogP contribution in [0.25, 0.3) is 0 Å². The summed E-state index contributed by atoms with van der Waals surface area (Å²) in [7, 11) is 0. The standard InChI is InChI=1S/C7H6O3S/c11-10-5-1-2-6-7(3-5)9-4-8-6/h1-3,11H,4H2. The minimum Gasteiger partial charge on any atom is -0.454 e. The summed E-state index contributed by atoms with van der Waals surface area (Å²) < 4.78 is 14.9. The van der Waals surface area contributed by atoms with Crippen LogP contribution in [0.5, 0.6) is 17.2 Å². The summed E-state index contributed by atoms with van der Waals surface area (Å²) >= 11 is 3.65. The molecule has 58 valence electrons. The van der Waals surface area contributed by atoms with E-state index in [1.807, 2.05) is 0 Å². The Morgan fingerprint density at radius 1 is 1.27 bits per heavy atom. The molecule has 2 rings (SSSR count). The maximum absolute atomic E-state index is 5.10. The van der Waals surface area contributed by atoms with Crippen molar-refractivity contribution in [2.45, 2.75) is 0 Å². The van der Waals surface area contributed by atoms with Crippen LogP contribution < -0.4 is 13.7 Å². The first kappa shape index (κ1) is 6.67. The molecule has 0 radical (unpaired) electrons. The molecule has 0 saturated carbocycles. The average Bonchev–Trinajstić information content (AvgIpc) is 2.50. The third kappa shape index (κ3) is 1.09. The van der Waals surface area contributed by atoms with Gasteiger partial charge in [-0.15, -0.1) is 0 Å². The van der Waals surface area contributed by atoms with Crippen LogP contribution in [0.2, 0.25) is 0 Å². The van der Waals surface area contributed by atoms with E-state index in [-0.39, 0.29) is 6.79 Å². The minimum atomic E-state index is 0.283. The minimum absolute atomic E-state index is 0.283. The van der Waals surface area contributed by atoms with Gasteiger partial charge in [-0.1, -0.05) is 0 Å². The van der Waals surface area contributed by atoms with Crippen LogP contribution in [-0.4, -0.2) is 6.79 Å². The smallest absolute Gasteiger partial charge is 0.231 e. The molecule has 0 amide bonds. The van der Waals surface area contributed by atoms with Crippen LogP contribution in [0.15, 0.2) is 18.2 Å². The summed E-state index contributed by atoms with van der Waals surface area (Å²) in [5, 5.41) is 0. The molecule has 0 fully saturated rings. The maximum Gasteiger partial charge on any atom is 0.231 e. The fourth-order valence-corrected chi connectivity index (χ4v) is 1.05. The molecule has 1 heterocycles. The molecule has 0 aromatic heterocycles. The molecule has 0 unspecified atom stereocenters. The highest BCUT2D eigenvalue weighted by molar-refractivity contribution is 7.75. The van der Waals surface area contributed by atoms with E-state index < -0.39 is 0 Å². The molecule has 4 heteroatoms. The van der Waals surface area contributed by atoms with E-state index in [1.165, 1.54) is 0 Å². The molecule has 0 spiro atoms. The van der Waals surface area contributed by atoms with Crippen molar-refractivity contribution in [3.05, 3.63) is 18.2 Å². The third-order valence-electron chi connectivity index (χ3n) is 1.45. The summed E-state index contributed by atoms with van der Waals surface area (Å²) in [5.74, 6) is 2.10. The first-order valence-electron chi connectivity index (χ1n) is 3.11. The van der Waals surface area contributed by atoms with Crippen molar-refractivity contribution in [2.75, 3.05) is 6.79 Å². The maximum atomic E-state index is 5.10. The van der Waals surface area contributed by atoms with Gasteiger partial charge in [-0.25, -0.2) is 0 Å². The van der Waals surface area contributed by atoms with Crippen molar-refractivity contribution in [3.63, 3.8) is 0 Å². The lowest BCUT2D eigenvalue weighted by molar-refractivity contribution is 0.174. The van der Waals surface area contributed by atoms with Crippen molar-refractivity contribution in [1.29, 1.82) is 0 Å². The zero-order valence-corrected chi connectivity index (χ0v) is 6.51. The lowest BCUT2D eigenvalue weighted by atomic mass is 10.3. The van der Waals surface area contributed by atoms with Gasteiger partial charge < -0.3 is 13.7 Å². The Hall–Kier alpha value is -1.03. The van der Waals surface area contributed by atoms with Gasteiger partial charge in [0.15, 0.2) is 11.5 Å². The van der Waals surface area contributed by atoms with Gasteiger partial charge in [-0.2, -0.15) is 0 Å². The van der Waals surface area contributed by atoms with E-state index >= 15 is 0 Å². The topological polar surface area (TPSA) is 27.7 Å². The highest BCUT2D eigenvalue weighted by atomic mass is 32.1. The van der Waals surface area contributed by atoms with Crippen molar-refractivity contribution in [2.24, 2.45) is 0 Å². The molecule has 1 aromatic rings. The second-order valence-electron chi connectivity index (χ2n) is 2.11. The van der Waals surface area contributed by atoms with Crippen LogP contribution in [-0.2, 0) is 0 Å². The van der Waals surface area contributed by atoms with Crippen LogP contribution >= 0.6 is 12.9 Å². The van der Waals surface area contributed by atoms with Gasteiger partial charge in [0.25, 0.3) is 0 Å². The molecule has 0 aliphatic carbocycles. The molecular formula is C7H6O3S. The summed E-state index contributed by atoms with van der Waals surface area (Å²) in [5.41, 5.74) is 0. The second-order valence-corrected chi connectivity index (χ2v) is 2.29. The Morgan fingerprint density at radius 3 is 2.91 bits per heavy atom. The summed E-state index contributed by atoms with van der Waals surface area (Å²) in [4.78, 5) is 0. The number of rotatable bonds is 1. The van der Waals surface area contributed by atoms with E-state index in [0.717, 1.165) is 5.75 Å². The van der Waals surface area contributed by atoms with Crippen LogP contribution in [0.1, 0.15) is 0 Å². The van der Waals surface area contributed by atoms with Gasteiger partial charge in [0.1, 0.15) is 5.75 Å². The number of thiol groups is 1. The van der Waals surface area contributed by atoms with E-state index in [2.05, 4.69) is 12.9 Å². The number of benzene rings is 1. The highest BCUT2D eigenvalue weighted by Gasteiger charge is 2.12. The lowest BCUT2D eigenvalue weighted by Gasteiger charge is -1.98. The molecule has 3 nitrogen and oxygen atoms in total. The van der Waals surface area contributed by atoms with Crippen LogP contribution in [0.4, 0.5) is 0 Å². The lowest BCUT2D eigenvalue weighted by Crippen LogP contribution is -1.92. The molecule has 0 N–H and O–H groups in total. The molecule has 1 aromatic carbocycles. The molecule has 0 bridgehead atoms. The normalized spacial score (nSPS) is 13.2. The van der Waals surface area contributed by atoms with Gasteiger partial charge in [0.05, 0.1) is 0 Å². The fourth-order valence-electron chi connectivity index (χ4n) is 0.934. The van der Waals surface area contributed by atoms with Gasteiger partial charge in [-0.05, 0) is 12.1 Å². The Bertz CT molecular complexity index is 274. The SMILES string of the molecule is SOc1ccc2c(c1)OCO2. The average molecular weight is 170 g/mol. The molecule has 1 aliphatic rings. The number of hydrogen-bond acceptors (Lipinski definition) is 4. The third-order valence-corrected chi connectivity index (χ3v) is 1.66. The second kappa shape index (κ2) is 2.54. The molecule has 11 heavy (non-hydrogen) atoms. The van der Waals surface area contributed by atoms with E-state index in [9.17, 15) is 0 Å². The van der Waals surface area contributed by atoms with Gasteiger partial charge in [-0.3, -0.25) is 0 Å². The molecule has 0 atom stereocenters. The largest absolute Gasteiger partial charge is 0.454 e. The Labute approximate surface area is 69.5 Å². The van der Waals surface area contributed by atoms with Crippen molar-refractivity contribution >= 4 is 12.9 Å². The van der Waals surface area contributed by atoms with Crippen LogP contribution in [0, 0.1) is 0 Å². The van der Waals surface area contributed by atoms with Gasteiger partial charge in [0, 0.05) is 19.0 Å². The predicted octanol–water partition coefficient (Wildman–Crippen LogP) is 1.64. The monoisotopic (exact) mass is 170 g/mol. The number of hydrogen-bond donors (Lipinski definition) is 1. The Morgan fingerprint density at radius 2 is 2.09 bits per heavy atom. The quantitative estimate of drug-likeness (QED) is 0.513. The zero-order chi connectivity index (χ0) is 7.68. The van der Waals surface area contributed by atoms with E-state index in [4.69, 9.17) is 13.7 Å². The van der Waals surface area contributed by atoms with E-state index in [0.29, 0.717) is 11.5 Å². The fraction of sp³-hybridized carbons (Fsp3) is 0.143. The van der Waals surface area contributed by atoms with Crippen LogP contribution in [0.3, 0.4) is 0 Å². The first-order chi connectivity index (χ1) is 5.40. The van der Waals surface area contributed by atoms with Crippen molar-refractivity contribution < 1.29 is 13.7 Å². The predicted molar refractivity (Wildman–Crippen MR) is 42.2 cm³/mol. The highest BCUT2D eigenvalue weighted by Crippen LogP contribution is 2.35. The number of ether oxygens (including phenoxy) is 2. The Balaban J connectivity index is 2.41. The van der Waals surface area contributed by atoms with E-state index in [1.54, 1.807) is 18.2 Å². The molecule has 0 saturated heterocycles.